The zero-order valence-corrected chi connectivity index (χ0v) is 18.5. The van der Waals surface area contributed by atoms with Crippen LogP contribution in [0.4, 0.5) is 13.2 Å². The number of aromatic nitrogens is 4. The van der Waals surface area contributed by atoms with Gasteiger partial charge in [-0.15, -0.1) is 10.2 Å². The molecule has 1 aliphatic heterocycles. The second kappa shape index (κ2) is 8.19. The molecule has 5 nitrogen and oxygen atoms in total. The van der Waals surface area contributed by atoms with Crippen molar-refractivity contribution >= 4 is 11.8 Å². The number of rotatable bonds is 7. The lowest BCUT2D eigenvalue weighted by Gasteiger charge is -2.21. The Morgan fingerprint density at radius 2 is 1.94 bits per heavy atom. The fraction of sp³-hybridized carbons (Fsp3) is 0.435. The minimum Gasteiger partial charge on any atom is -0.305 e. The second-order valence-corrected chi connectivity index (χ2v) is 9.72. The fourth-order valence-electron chi connectivity index (χ4n) is 4.79. The first-order chi connectivity index (χ1) is 15.4. The molecule has 2 fully saturated rings. The third-order valence-electron chi connectivity index (χ3n) is 6.56. The molecule has 0 N–H and O–H groups in total. The molecule has 1 aromatic carbocycles. The number of alkyl halides is 3. The molecular weight excluding hydrogens is 435 g/mol. The van der Waals surface area contributed by atoms with Crippen molar-refractivity contribution in [2.24, 2.45) is 13.0 Å². The zero-order chi connectivity index (χ0) is 22.3. The number of benzene rings is 1. The van der Waals surface area contributed by atoms with Gasteiger partial charge in [0.05, 0.1) is 0 Å². The highest BCUT2D eigenvalue weighted by atomic mass is 32.2. The average Bonchev–Trinajstić information content (AvgIpc) is 3.16. The standard InChI is InChI=1S/C23H24F3N5S/c1-30-20(16-6-3-2-4-7-16)28-29-21(30)32-11-5-10-31-14-18-12-22(18,15-31)17-8-9-19(27-13-17)23(24,25)26/h2-4,6-9,13,18H,5,10-12,14-15H2,1H3/t18-,22+/m1/s1. The Kier molecular flexibility index (Phi) is 5.49. The van der Waals surface area contributed by atoms with Crippen LogP contribution in [0.15, 0.2) is 53.8 Å². The number of hydrogen-bond donors (Lipinski definition) is 0. The Morgan fingerprint density at radius 3 is 2.66 bits per heavy atom. The minimum atomic E-state index is -4.39. The SMILES string of the molecule is Cn1c(SCCCN2C[C@H]3C[C@@]3(c3ccc(C(F)(F)F)nc3)C2)nnc1-c1ccccc1. The Bertz CT molecular complexity index is 1080. The van der Waals surface area contributed by atoms with Gasteiger partial charge in [-0.2, -0.15) is 13.2 Å². The predicted octanol–water partition coefficient (Wildman–Crippen LogP) is 4.65. The number of halogens is 3. The smallest absolute Gasteiger partial charge is 0.305 e. The maximum Gasteiger partial charge on any atom is 0.433 e. The molecule has 1 saturated carbocycles. The highest BCUT2D eigenvalue weighted by molar-refractivity contribution is 7.99. The molecule has 0 spiro atoms. The number of likely N-dealkylation sites (tertiary alicyclic amines) is 1. The van der Waals surface area contributed by atoms with Gasteiger partial charge in [0.15, 0.2) is 11.0 Å². The summed E-state index contributed by atoms with van der Waals surface area (Å²) in [5.74, 6) is 2.33. The van der Waals surface area contributed by atoms with Crippen LogP contribution in [0.2, 0.25) is 0 Å². The molecule has 2 aromatic heterocycles. The molecule has 32 heavy (non-hydrogen) atoms. The normalized spacial score (nSPS) is 22.8. The van der Waals surface area contributed by atoms with Crippen LogP contribution in [-0.2, 0) is 18.6 Å². The van der Waals surface area contributed by atoms with Gasteiger partial charge >= 0.3 is 6.18 Å². The van der Waals surface area contributed by atoms with Gasteiger partial charge in [-0.05, 0) is 36.9 Å². The van der Waals surface area contributed by atoms with Crippen molar-refractivity contribution in [2.75, 3.05) is 25.4 Å². The van der Waals surface area contributed by atoms with Crippen LogP contribution in [0.1, 0.15) is 24.1 Å². The van der Waals surface area contributed by atoms with E-state index in [2.05, 4.69) is 20.1 Å². The first kappa shape index (κ1) is 21.5. The number of piperidine rings is 1. The molecule has 1 saturated heterocycles. The second-order valence-electron chi connectivity index (χ2n) is 8.66. The minimum absolute atomic E-state index is 0.00154. The van der Waals surface area contributed by atoms with E-state index in [0.29, 0.717) is 5.92 Å². The quantitative estimate of drug-likeness (QED) is 0.380. The largest absolute Gasteiger partial charge is 0.433 e. The average molecular weight is 460 g/mol. The molecule has 3 heterocycles. The van der Waals surface area contributed by atoms with E-state index in [-0.39, 0.29) is 5.41 Å². The molecule has 0 amide bonds. The highest BCUT2D eigenvalue weighted by Crippen LogP contribution is 2.58. The Labute approximate surface area is 189 Å². The van der Waals surface area contributed by atoms with E-state index in [1.165, 1.54) is 6.20 Å². The summed E-state index contributed by atoms with van der Waals surface area (Å²) in [5, 5.41) is 9.56. The van der Waals surface area contributed by atoms with E-state index in [9.17, 15) is 13.2 Å². The fourth-order valence-corrected chi connectivity index (χ4v) is 5.63. The van der Waals surface area contributed by atoms with Crippen molar-refractivity contribution in [1.82, 2.24) is 24.6 Å². The molecular formula is C23H24F3N5S. The van der Waals surface area contributed by atoms with E-state index in [1.54, 1.807) is 17.8 Å². The van der Waals surface area contributed by atoms with Crippen molar-refractivity contribution < 1.29 is 13.2 Å². The summed E-state index contributed by atoms with van der Waals surface area (Å²) >= 11 is 1.70. The van der Waals surface area contributed by atoms with Gasteiger partial charge in [0.2, 0.25) is 0 Å². The van der Waals surface area contributed by atoms with E-state index in [4.69, 9.17) is 0 Å². The first-order valence-corrected chi connectivity index (χ1v) is 11.7. The summed E-state index contributed by atoms with van der Waals surface area (Å²) in [6, 6.07) is 12.8. The lowest BCUT2D eigenvalue weighted by molar-refractivity contribution is -0.141. The van der Waals surface area contributed by atoms with Crippen LogP contribution < -0.4 is 0 Å². The molecule has 0 radical (unpaired) electrons. The lowest BCUT2D eigenvalue weighted by atomic mass is 9.96. The molecule has 2 aliphatic rings. The van der Waals surface area contributed by atoms with Crippen LogP contribution in [0.25, 0.3) is 11.4 Å². The number of fused-ring (bicyclic) bond motifs is 1. The van der Waals surface area contributed by atoms with E-state index in [1.807, 2.05) is 41.9 Å². The van der Waals surface area contributed by atoms with Crippen LogP contribution in [0.5, 0.6) is 0 Å². The van der Waals surface area contributed by atoms with Crippen LogP contribution in [0.3, 0.4) is 0 Å². The van der Waals surface area contributed by atoms with Crippen molar-refractivity contribution in [2.45, 2.75) is 29.6 Å². The van der Waals surface area contributed by atoms with Crippen molar-refractivity contribution in [3.05, 3.63) is 59.9 Å². The van der Waals surface area contributed by atoms with Crippen LogP contribution >= 0.6 is 11.8 Å². The summed E-state index contributed by atoms with van der Waals surface area (Å²) in [5.41, 5.74) is 1.17. The predicted molar refractivity (Wildman–Crippen MR) is 117 cm³/mol. The van der Waals surface area contributed by atoms with Gasteiger partial charge in [-0.25, -0.2) is 0 Å². The van der Waals surface area contributed by atoms with Crippen molar-refractivity contribution in [3.8, 4) is 11.4 Å². The summed E-state index contributed by atoms with van der Waals surface area (Å²) in [6.45, 7) is 2.88. The number of hydrogen-bond acceptors (Lipinski definition) is 5. The van der Waals surface area contributed by atoms with Gasteiger partial charge in [-0.3, -0.25) is 4.98 Å². The zero-order valence-electron chi connectivity index (χ0n) is 17.7. The molecule has 3 aromatic rings. The summed E-state index contributed by atoms with van der Waals surface area (Å²) < 4.78 is 40.4. The molecule has 0 unspecified atom stereocenters. The molecule has 0 bridgehead atoms. The summed E-state index contributed by atoms with van der Waals surface area (Å²) in [7, 11) is 1.99. The molecule has 1 aliphatic carbocycles. The number of pyridine rings is 1. The summed E-state index contributed by atoms with van der Waals surface area (Å²) in [4.78, 5) is 6.10. The topological polar surface area (TPSA) is 46.8 Å². The maximum absolute atomic E-state index is 12.8. The Morgan fingerprint density at radius 1 is 1.12 bits per heavy atom. The Balaban J connectivity index is 1.12. The van der Waals surface area contributed by atoms with Crippen LogP contribution in [-0.4, -0.2) is 50.0 Å². The molecule has 2 atom stereocenters. The van der Waals surface area contributed by atoms with Gasteiger partial charge in [0.1, 0.15) is 5.69 Å². The van der Waals surface area contributed by atoms with E-state index < -0.39 is 11.9 Å². The summed E-state index contributed by atoms with van der Waals surface area (Å²) in [6.07, 6.45) is -0.886. The number of nitrogens with zero attached hydrogens (tertiary/aromatic N) is 5. The van der Waals surface area contributed by atoms with Gasteiger partial charge in [0, 0.05) is 43.1 Å². The monoisotopic (exact) mass is 459 g/mol. The van der Waals surface area contributed by atoms with Crippen LogP contribution in [0, 0.1) is 5.92 Å². The van der Waals surface area contributed by atoms with E-state index >= 15 is 0 Å². The third kappa shape index (κ3) is 4.03. The molecule has 9 heteroatoms. The van der Waals surface area contributed by atoms with Gasteiger partial charge in [0.25, 0.3) is 0 Å². The van der Waals surface area contributed by atoms with E-state index in [0.717, 1.165) is 66.4 Å². The molecule has 168 valence electrons. The molecule has 5 rings (SSSR count). The maximum atomic E-state index is 12.8. The van der Waals surface area contributed by atoms with Gasteiger partial charge in [-0.1, -0.05) is 48.2 Å². The first-order valence-electron chi connectivity index (χ1n) is 10.7. The Hall–Kier alpha value is -2.39. The van der Waals surface area contributed by atoms with Crippen molar-refractivity contribution in [1.29, 1.82) is 0 Å². The van der Waals surface area contributed by atoms with Crippen molar-refractivity contribution in [3.63, 3.8) is 0 Å². The highest BCUT2D eigenvalue weighted by Gasteiger charge is 2.60. The number of thioether (sulfide) groups is 1. The lowest BCUT2D eigenvalue weighted by Crippen LogP contribution is -2.28. The van der Waals surface area contributed by atoms with Gasteiger partial charge < -0.3 is 9.47 Å². The third-order valence-corrected chi connectivity index (χ3v) is 7.67.